The number of aliphatic hydroxyl groups excluding tert-OH is 3. The highest BCUT2D eigenvalue weighted by Crippen LogP contribution is 2.12. The average molecular weight is 344 g/mol. The molecule has 3 N–H and O–H groups in total. The van der Waals surface area contributed by atoms with Crippen LogP contribution < -0.4 is 0 Å². The summed E-state index contributed by atoms with van der Waals surface area (Å²) in [6.07, 6.45) is 10.3. The van der Waals surface area contributed by atoms with Crippen LogP contribution in [0.1, 0.15) is 77.6 Å². The summed E-state index contributed by atoms with van der Waals surface area (Å²) in [7, 11) is 1.40. The predicted octanol–water partition coefficient (Wildman–Crippen LogP) is 3.11. The second-order valence-electron chi connectivity index (χ2n) is 6.39. The third-order valence-electron chi connectivity index (χ3n) is 4.14. The van der Waals surface area contributed by atoms with Gasteiger partial charge in [-0.2, -0.15) is 0 Å². The minimum atomic E-state index is -0.926. The van der Waals surface area contributed by atoms with E-state index in [2.05, 4.69) is 11.7 Å². The largest absolute Gasteiger partial charge is 0.469 e. The molecule has 0 aromatic carbocycles. The van der Waals surface area contributed by atoms with Crippen LogP contribution in [0.4, 0.5) is 0 Å². The maximum absolute atomic E-state index is 10.9. The fraction of sp³-hybridized carbons (Fsp3) is 0.842. The van der Waals surface area contributed by atoms with Gasteiger partial charge < -0.3 is 20.1 Å². The predicted molar refractivity (Wildman–Crippen MR) is 95.6 cm³/mol. The van der Waals surface area contributed by atoms with E-state index >= 15 is 0 Å². The second kappa shape index (κ2) is 15.6. The van der Waals surface area contributed by atoms with Crippen molar-refractivity contribution in [3.63, 3.8) is 0 Å². The molecule has 0 aliphatic carbocycles. The first kappa shape index (κ1) is 23.1. The molecule has 0 aromatic heterocycles. The van der Waals surface area contributed by atoms with Crippen molar-refractivity contribution >= 4 is 5.97 Å². The summed E-state index contributed by atoms with van der Waals surface area (Å²) in [6.45, 7) is 2.11. The zero-order chi connectivity index (χ0) is 18.2. The molecule has 0 aliphatic heterocycles. The van der Waals surface area contributed by atoms with Crippen LogP contribution in [0.2, 0.25) is 0 Å². The van der Waals surface area contributed by atoms with Crippen molar-refractivity contribution < 1.29 is 24.9 Å². The fourth-order valence-corrected chi connectivity index (χ4v) is 2.50. The van der Waals surface area contributed by atoms with E-state index < -0.39 is 18.3 Å². The number of hydrogen-bond acceptors (Lipinski definition) is 5. The van der Waals surface area contributed by atoms with Crippen LogP contribution in [0.5, 0.6) is 0 Å². The van der Waals surface area contributed by atoms with Crippen molar-refractivity contribution in [1.82, 2.24) is 0 Å². The van der Waals surface area contributed by atoms with E-state index in [4.69, 9.17) is 0 Å². The van der Waals surface area contributed by atoms with Crippen LogP contribution in [0.25, 0.3) is 0 Å². The molecule has 5 heteroatoms. The van der Waals surface area contributed by atoms with Gasteiger partial charge in [-0.1, -0.05) is 64.0 Å². The number of rotatable bonds is 15. The molecule has 0 unspecified atom stereocenters. The first-order valence-corrected chi connectivity index (χ1v) is 9.30. The van der Waals surface area contributed by atoms with Crippen molar-refractivity contribution in [3.8, 4) is 0 Å². The molecule has 0 amide bonds. The van der Waals surface area contributed by atoms with E-state index in [0.717, 1.165) is 51.4 Å². The van der Waals surface area contributed by atoms with Gasteiger partial charge in [0.15, 0.2) is 0 Å². The maximum atomic E-state index is 10.9. The quantitative estimate of drug-likeness (QED) is 0.241. The SMILES string of the molecule is CCCCC[C@H](O)/C=C/[C@H](O)[C@H](O)CCCCCCCC(=O)OC. The van der Waals surface area contributed by atoms with Gasteiger partial charge >= 0.3 is 5.97 Å². The number of ether oxygens (including phenoxy) is 1. The maximum Gasteiger partial charge on any atom is 0.305 e. The summed E-state index contributed by atoms with van der Waals surface area (Å²) >= 11 is 0. The van der Waals surface area contributed by atoms with Crippen LogP contribution in [0.15, 0.2) is 12.2 Å². The van der Waals surface area contributed by atoms with Gasteiger partial charge in [0.05, 0.1) is 25.4 Å². The molecule has 0 saturated heterocycles. The van der Waals surface area contributed by atoms with Gasteiger partial charge in [-0.05, 0) is 19.3 Å². The summed E-state index contributed by atoms with van der Waals surface area (Å²) in [6, 6.07) is 0. The van der Waals surface area contributed by atoms with Gasteiger partial charge in [-0.15, -0.1) is 0 Å². The van der Waals surface area contributed by atoms with Crippen LogP contribution >= 0.6 is 0 Å². The first-order chi connectivity index (χ1) is 11.5. The Morgan fingerprint density at radius 2 is 1.54 bits per heavy atom. The Balaban J connectivity index is 3.67. The smallest absolute Gasteiger partial charge is 0.305 e. The zero-order valence-corrected chi connectivity index (χ0v) is 15.3. The van der Waals surface area contributed by atoms with Crippen LogP contribution in [-0.4, -0.2) is 46.7 Å². The number of methoxy groups -OCH3 is 1. The van der Waals surface area contributed by atoms with E-state index in [1.807, 2.05) is 0 Å². The normalized spacial score (nSPS) is 15.4. The molecule has 0 aromatic rings. The van der Waals surface area contributed by atoms with Crippen molar-refractivity contribution in [1.29, 1.82) is 0 Å². The zero-order valence-electron chi connectivity index (χ0n) is 15.3. The Bertz CT molecular complexity index is 330. The summed E-state index contributed by atoms with van der Waals surface area (Å²) in [5, 5.41) is 29.5. The summed E-state index contributed by atoms with van der Waals surface area (Å²) in [4.78, 5) is 10.9. The Morgan fingerprint density at radius 3 is 2.21 bits per heavy atom. The topological polar surface area (TPSA) is 87.0 Å². The molecule has 0 aliphatic rings. The van der Waals surface area contributed by atoms with Crippen molar-refractivity contribution in [2.24, 2.45) is 0 Å². The van der Waals surface area contributed by atoms with Gasteiger partial charge in [-0.3, -0.25) is 4.79 Å². The van der Waals surface area contributed by atoms with Crippen LogP contribution in [0, 0.1) is 0 Å². The van der Waals surface area contributed by atoms with E-state index in [0.29, 0.717) is 19.3 Å². The molecule has 5 nitrogen and oxygen atoms in total. The Kier molecular flexibility index (Phi) is 15.0. The molecule has 0 saturated carbocycles. The lowest BCUT2D eigenvalue weighted by molar-refractivity contribution is -0.140. The molecule has 0 rings (SSSR count). The highest BCUT2D eigenvalue weighted by Gasteiger charge is 2.13. The van der Waals surface area contributed by atoms with E-state index in [-0.39, 0.29) is 5.97 Å². The van der Waals surface area contributed by atoms with Gasteiger partial charge in [-0.25, -0.2) is 0 Å². The average Bonchev–Trinajstić information content (AvgIpc) is 2.58. The number of aliphatic hydroxyl groups is 3. The van der Waals surface area contributed by atoms with Gasteiger partial charge in [0, 0.05) is 6.42 Å². The molecule has 142 valence electrons. The number of esters is 1. The summed E-state index contributed by atoms with van der Waals surface area (Å²) in [5.41, 5.74) is 0. The number of carbonyl (C=O) groups is 1. The molecule has 0 fully saturated rings. The highest BCUT2D eigenvalue weighted by molar-refractivity contribution is 5.68. The van der Waals surface area contributed by atoms with Crippen molar-refractivity contribution in [2.75, 3.05) is 7.11 Å². The van der Waals surface area contributed by atoms with Gasteiger partial charge in [0.1, 0.15) is 0 Å². The minimum Gasteiger partial charge on any atom is -0.469 e. The summed E-state index contributed by atoms with van der Waals surface area (Å²) < 4.78 is 4.58. The molecular weight excluding hydrogens is 308 g/mol. The van der Waals surface area contributed by atoms with Crippen LogP contribution in [-0.2, 0) is 9.53 Å². The van der Waals surface area contributed by atoms with E-state index in [9.17, 15) is 20.1 Å². The molecule has 0 spiro atoms. The number of unbranched alkanes of at least 4 members (excludes halogenated alkanes) is 6. The molecular formula is C19H36O5. The fourth-order valence-electron chi connectivity index (χ4n) is 2.50. The molecule has 0 radical (unpaired) electrons. The lowest BCUT2D eigenvalue weighted by Crippen LogP contribution is -2.24. The minimum absolute atomic E-state index is 0.169. The highest BCUT2D eigenvalue weighted by atomic mass is 16.5. The second-order valence-corrected chi connectivity index (χ2v) is 6.39. The van der Waals surface area contributed by atoms with Crippen molar-refractivity contribution in [2.45, 2.75) is 95.9 Å². The molecule has 0 bridgehead atoms. The number of carbonyl (C=O) groups excluding carboxylic acids is 1. The lowest BCUT2D eigenvalue weighted by atomic mass is 10.0. The first-order valence-electron chi connectivity index (χ1n) is 9.30. The van der Waals surface area contributed by atoms with Crippen LogP contribution in [0.3, 0.4) is 0 Å². The molecule has 24 heavy (non-hydrogen) atoms. The third-order valence-corrected chi connectivity index (χ3v) is 4.14. The van der Waals surface area contributed by atoms with E-state index in [1.54, 1.807) is 6.08 Å². The van der Waals surface area contributed by atoms with Gasteiger partial charge in [0.25, 0.3) is 0 Å². The molecule has 0 heterocycles. The summed E-state index contributed by atoms with van der Waals surface area (Å²) in [5.74, 6) is -0.169. The standard InChI is InChI=1S/C19H36O5/c1-3-4-8-11-16(20)14-15-18(22)17(21)12-9-6-5-7-10-13-19(23)24-2/h14-18,20-22H,3-13H2,1-2H3/b15-14+/t16-,17+,18-/m0/s1. The van der Waals surface area contributed by atoms with E-state index in [1.165, 1.54) is 13.2 Å². The van der Waals surface area contributed by atoms with Gasteiger partial charge in [0.2, 0.25) is 0 Å². The lowest BCUT2D eigenvalue weighted by Gasteiger charge is -2.15. The monoisotopic (exact) mass is 344 g/mol. The Labute approximate surface area is 146 Å². The molecule has 3 atom stereocenters. The Hall–Kier alpha value is -0.910. The van der Waals surface area contributed by atoms with Crippen molar-refractivity contribution in [3.05, 3.63) is 12.2 Å². The number of hydrogen-bond donors (Lipinski definition) is 3. The third kappa shape index (κ3) is 13.5. The Morgan fingerprint density at radius 1 is 0.917 bits per heavy atom.